The highest BCUT2D eigenvalue weighted by Gasteiger charge is 2.08. The van der Waals surface area contributed by atoms with Crippen LogP contribution in [0.4, 0.5) is 0 Å². The first kappa shape index (κ1) is 16.1. The second-order valence-electron chi connectivity index (χ2n) is 5.43. The van der Waals surface area contributed by atoms with E-state index in [2.05, 4.69) is 78.4 Å². The van der Waals surface area contributed by atoms with Gasteiger partial charge < -0.3 is 10.1 Å². The van der Waals surface area contributed by atoms with Crippen molar-refractivity contribution in [2.24, 2.45) is 0 Å². The summed E-state index contributed by atoms with van der Waals surface area (Å²) in [6.07, 6.45) is 0.190. The topological polar surface area (TPSA) is 21.3 Å². The number of hydrogen-bond acceptors (Lipinski definition) is 2. The Kier molecular flexibility index (Phi) is 5.83. The fourth-order valence-corrected chi connectivity index (χ4v) is 2.42. The molecule has 0 heterocycles. The summed E-state index contributed by atoms with van der Waals surface area (Å²) in [5.74, 6) is 0.961. The Morgan fingerprint density at radius 2 is 1.67 bits per heavy atom. The molecule has 112 valence electrons. The zero-order valence-corrected chi connectivity index (χ0v) is 14.4. The lowest BCUT2D eigenvalue weighted by atomic mass is 10.1. The predicted molar refractivity (Wildman–Crippen MR) is 91.6 cm³/mol. The van der Waals surface area contributed by atoms with Gasteiger partial charge in [-0.2, -0.15) is 0 Å². The minimum atomic E-state index is 0.190. The Morgan fingerprint density at radius 3 is 2.33 bits per heavy atom. The van der Waals surface area contributed by atoms with Gasteiger partial charge >= 0.3 is 0 Å². The molecule has 0 aliphatic rings. The van der Waals surface area contributed by atoms with Crippen molar-refractivity contribution in [1.29, 1.82) is 0 Å². The number of para-hydroxylation sites is 1. The van der Waals surface area contributed by atoms with Crippen LogP contribution in [0.25, 0.3) is 0 Å². The first-order valence-corrected chi connectivity index (χ1v) is 8.09. The van der Waals surface area contributed by atoms with Crippen LogP contribution in [0.15, 0.2) is 53.0 Å². The van der Waals surface area contributed by atoms with Crippen molar-refractivity contribution in [2.75, 3.05) is 0 Å². The van der Waals surface area contributed by atoms with E-state index in [-0.39, 0.29) is 6.10 Å². The Labute approximate surface area is 135 Å². The van der Waals surface area contributed by atoms with Gasteiger partial charge in [0.25, 0.3) is 0 Å². The SMILES string of the molecule is CC(C)Oc1ccccc1CN[C@@H](C)c1ccc(Br)cc1. The van der Waals surface area contributed by atoms with E-state index in [9.17, 15) is 0 Å². The normalized spacial score (nSPS) is 12.4. The summed E-state index contributed by atoms with van der Waals surface area (Å²) in [6, 6.07) is 16.9. The lowest BCUT2D eigenvalue weighted by Gasteiger charge is -2.18. The molecule has 2 nitrogen and oxygen atoms in total. The molecule has 0 aliphatic heterocycles. The summed E-state index contributed by atoms with van der Waals surface area (Å²) in [6.45, 7) is 7.07. The van der Waals surface area contributed by atoms with Crippen molar-refractivity contribution in [1.82, 2.24) is 5.32 Å². The molecular formula is C18H22BrNO. The largest absolute Gasteiger partial charge is 0.491 e. The van der Waals surface area contributed by atoms with Crippen molar-refractivity contribution < 1.29 is 4.74 Å². The van der Waals surface area contributed by atoms with Gasteiger partial charge in [-0.25, -0.2) is 0 Å². The molecule has 1 atom stereocenters. The van der Waals surface area contributed by atoms with Gasteiger partial charge in [-0.3, -0.25) is 0 Å². The summed E-state index contributed by atoms with van der Waals surface area (Å²) in [4.78, 5) is 0. The lowest BCUT2D eigenvalue weighted by Crippen LogP contribution is -2.19. The Bertz CT molecular complexity index is 566. The monoisotopic (exact) mass is 347 g/mol. The van der Waals surface area contributed by atoms with Crippen LogP contribution in [0, 0.1) is 0 Å². The predicted octanol–water partition coefficient (Wildman–Crippen LogP) is 5.09. The van der Waals surface area contributed by atoms with Gasteiger partial charge in [0.05, 0.1) is 6.10 Å². The van der Waals surface area contributed by atoms with Gasteiger partial charge in [-0.05, 0) is 44.5 Å². The molecule has 0 aromatic heterocycles. The fraction of sp³-hybridized carbons (Fsp3) is 0.333. The maximum Gasteiger partial charge on any atom is 0.124 e. The molecule has 2 aromatic carbocycles. The summed E-state index contributed by atoms with van der Waals surface area (Å²) in [5.41, 5.74) is 2.47. The molecule has 3 heteroatoms. The van der Waals surface area contributed by atoms with E-state index in [1.54, 1.807) is 0 Å². The Balaban J connectivity index is 2.01. The highest BCUT2D eigenvalue weighted by atomic mass is 79.9. The van der Waals surface area contributed by atoms with E-state index >= 15 is 0 Å². The highest BCUT2D eigenvalue weighted by molar-refractivity contribution is 9.10. The molecule has 0 amide bonds. The van der Waals surface area contributed by atoms with Gasteiger partial charge in [0.1, 0.15) is 5.75 Å². The lowest BCUT2D eigenvalue weighted by molar-refractivity contribution is 0.239. The van der Waals surface area contributed by atoms with Crippen LogP contribution in [-0.4, -0.2) is 6.10 Å². The van der Waals surface area contributed by atoms with E-state index in [0.29, 0.717) is 6.04 Å². The molecule has 21 heavy (non-hydrogen) atoms. The molecule has 0 bridgehead atoms. The van der Waals surface area contributed by atoms with Crippen LogP contribution < -0.4 is 10.1 Å². The summed E-state index contributed by atoms with van der Waals surface area (Å²) < 4.78 is 6.96. The third-order valence-corrected chi connectivity index (χ3v) is 3.83. The average Bonchev–Trinajstić information content (AvgIpc) is 2.46. The fourth-order valence-electron chi connectivity index (χ4n) is 2.15. The second-order valence-corrected chi connectivity index (χ2v) is 6.34. The Morgan fingerprint density at radius 1 is 1.00 bits per heavy atom. The number of ether oxygens (including phenoxy) is 1. The third-order valence-electron chi connectivity index (χ3n) is 3.30. The van der Waals surface area contributed by atoms with Crippen molar-refractivity contribution in [3.05, 3.63) is 64.1 Å². The first-order chi connectivity index (χ1) is 10.1. The number of halogens is 1. The molecule has 1 N–H and O–H groups in total. The van der Waals surface area contributed by atoms with Crippen molar-refractivity contribution in [3.63, 3.8) is 0 Å². The van der Waals surface area contributed by atoms with E-state index < -0.39 is 0 Å². The molecule has 2 rings (SSSR count). The minimum absolute atomic E-state index is 0.190. The number of rotatable bonds is 6. The zero-order valence-electron chi connectivity index (χ0n) is 12.8. The average molecular weight is 348 g/mol. The highest BCUT2D eigenvalue weighted by Crippen LogP contribution is 2.21. The molecular weight excluding hydrogens is 326 g/mol. The molecule has 0 radical (unpaired) electrons. The van der Waals surface area contributed by atoms with E-state index in [0.717, 1.165) is 16.8 Å². The quantitative estimate of drug-likeness (QED) is 0.785. The van der Waals surface area contributed by atoms with Crippen LogP contribution in [-0.2, 0) is 6.54 Å². The third kappa shape index (κ3) is 4.87. The van der Waals surface area contributed by atoms with Crippen LogP contribution in [0.5, 0.6) is 5.75 Å². The molecule has 0 spiro atoms. The smallest absolute Gasteiger partial charge is 0.124 e. The molecule has 2 aromatic rings. The number of nitrogens with one attached hydrogen (secondary N) is 1. The van der Waals surface area contributed by atoms with Gasteiger partial charge in [-0.15, -0.1) is 0 Å². The Hall–Kier alpha value is -1.32. The van der Waals surface area contributed by atoms with Crippen molar-refractivity contribution in [3.8, 4) is 5.75 Å². The second kappa shape index (κ2) is 7.62. The molecule has 0 saturated carbocycles. The van der Waals surface area contributed by atoms with Gasteiger partial charge in [-0.1, -0.05) is 46.3 Å². The molecule has 0 aliphatic carbocycles. The first-order valence-electron chi connectivity index (χ1n) is 7.29. The maximum atomic E-state index is 5.85. The summed E-state index contributed by atoms with van der Waals surface area (Å²) >= 11 is 3.47. The summed E-state index contributed by atoms with van der Waals surface area (Å²) in [7, 11) is 0. The van der Waals surface area contributed by atoms with Crippen LogP contribution in [0.2, 0.25) is 0 Å². The van der Waals surface area contributed by atoms with Crippen molar-refractivity contribution in [2.45, 2.75) is 39.5 Å². The van der Waals surface area contributed by atoms with Crippen LogP contribution in [0.3, 0.4) is 0 Å². The minimum Gasteiger partial charge on any atom is -0.491 e. The standard InChI is InChI=1S/C18H22BrNO/c1-13(2)21-18-7-5-4-6-16(18)12-20-14(3)15-8-10-17(19)11-9-15/h4-11,13-14,20H,12H2,1-3H3/t14-/m0/s1. The maximum absolute atomic E-state index is 5.85. The van der Waals surface area contributed by atoms with Crippen LogP contribution >= 0.6 is 15.9 Å². The van der Waals surface area contributed by atoms with E-state index in [1.165, 1.54) is 11.1 Å². The van der Waals surface area contributed by atoms with Gasteiger partial charge in [0.15, 0.2) is 0 Å². The van der Waals surface area contributed by atoms with Gasteiger partial charge in [0, 0.05) is 22.6 Å². The molecule has 0 fully saturated rings. The zero-order chi connectivity index (χ0) is 15.2. The number of benzene rings is 2. The van der Waals surface area contributed by atoms with E-state index in [1.807, 2.05) is 12.1 Å². The summed E-state index contributed by atoms with van der Waals surface area (Å²) in [5, 5.41) is 3.55. The number of hydrogen-bond donors (Lipinski definition) is 1. The van der Waals surface area contributed by atoms with Gasteiger partial charge in [0.2, 0.25) is 0 Å². The van der Waals surface area contributed by atoms with Crippen LogP contribution in [0.1, 0.15) is 37.9 Å². The van der Waals surface area contributed by atoms with Crippen molar-refractivity contribution >= 4 is 15.9 Å². The molecule has 0 saturated heterocycles. The molecule has 0 unspecified atom stereocenters. The van der Waals surface area contributed by atoms with E-state index in [4.69, 9.17) is 4.74 Å².